The van der Waals surface area contributed by atoms with E-state index in [2.05, 4.69) is 10.3 Å². The fraction of sp³-hybridized carbons (Fsp3) is 0.278. The van der Waals surface area contributed by atoms with E-state index in [4.69, 9.17) is 4.74 Å². The van der Waals surface area contributed by atoms with Crippen LogP contribution in [-0.2, 0) is 9.59 Å². The molecule has 1 aromatic heterocycles. The molecule has 2 aromatic rings. The molecule has 0 saturated carbocycles. The number of rotatable bonds is 5. The van der Waals surface area contributed by atoms with Crippen molar-refractivity contribution in [2.24, 2.45) is 5.92 Å². The van der Waals surface area contributed by atoms with Crippen LogP contribution >= 0.6 is 0 Å². The molecule has 1 atom stereocenters. The Morgan fingerprint density at radius 1 is 1.25 bits per heavy atom. The Balaban J connectivity index is 1.65. The van der Waals surface area contributed by atoms with Gasteiger partial charge in [-0.2, -0.15) is 0 Å². The first-order chi connectivity index (χ1) is 11.7. The van der Waals surface area contributed by atoms with Gasteiger partial charge < -0.3 is 15.0 Å². The molecule has 2 heterocycles. The van der Waals surface area contributed by atoms with Gasteiger partial charge in [0.25, 0.3) is 0 Å². The van der Waals surface area contributed by atoms with E-state index in [1.807, 2.05) is 31.2 Å². The predicted octanol–water partition coefficient (Wildman–Crippen LogP) is 2.47. The van der Waals surface area contributed by atoms with E-state index in [0.29, 0.717) is 18.8 Å². The maximum atomic E-state index is 12.3. The van der Waals surface area contributed by atoms with Gasteiger partial charge in [-0.1, -0.05) is 0 Å². The lowest BCUT2D eigenvalue weighted by atomic mass is 10.1. The number of nitrogens with zero attached hydrogens (tertiary/aromatic N) is 2. The average Bonchev–Trinajstić information content (AvgIpc) is 2.99. The van der Waals surface area contributed by atoms with E-state index >= 15 is 0 Å². The van der Waals surface area contributed by atoms with Crippen LogP contribution in [0.3, 0.4) is 0 Å². The van der Waals surface area contributed by atoms with Crippen LogP contribution in [0, 0.1) is 5.92 Å². The number of benzene rings is 1. The van der Waals surface area contributed by atoms with Crippen molar-refractivity contribution in [3.8, 4) is 5.75 Å². The van der Waals surface area contributed by atoms with Crippen molar-refractivity contribution in [3.05, 3.63) is 48.8 Å². The van der Waals surface area contributed by atoms with Crippen LogP contribution < -0.4 is 15.0 Å². The summed E-state index contributed by atoms with van der Waals surface area (Å²) in [5, 5.41) is 2.82. The number of hydrogen-bond donors (Lipinski definition) is 1. The monoisotopic (exact) mass is 325 g/mol. The summed E-state index contributed by atoms with van der Waals surface area (Å²) >= 11 is 0. The first kappa shape index (κ1) is 16.0. The summed E-state index contributed by atoms with van der Waals surface area (Å²) in [6.07, 6.45) is 3.44. The molecule has 0 bridgehead atoms. The zero-order valence-electron chi connectivity index (χ0n) is 13.4. The highest BCUT2D eigenvalue weighted by molar-refractivity contribution is 6.03. The number of pyridine rings is 1. The van der Waals surface area contributed by atoms with Crippen molar-refractivity contribution in [2.75, 3.05) is 23.4 Å². The molecule has 1 aliphatic rings. The number of anilines is 2. The van der Waals surface area contributed by atoms with Crippen LogP contribution in [0.15, 0.2) is 48.8 Å². The zero-order chi connectivity index (χ0) is 16.9. The first-order valence-electron chi connectivity index (χ1n) is 7.91. The SMILES string of the molecule is CCOc1ccc(N2C[C@H](C(=O)Nc3ccncc3)CC2=O)cc1. The molecule has 1 N–H and O–H groups in total. The average molecular weight is 325 g/mol. The molecular weight excluding hydrogens is 306 g/mol. The zero-order valence-corrected chi connectivity index (χ0v) is 13.4. The second-order valence-electron chi connectivity index (χ2n) is 5.56. The third kappa shape index (κ3) is 3.53. The smallest absolute Gasteiger partial charge is 0.229 e. The normalized spacial score (nSPS) is 17.0. The number of carbonyl (C=O) groups excluding carboxylic acids is 2. The molecule has 0 radical (unpaired) electrons. The molecule has 6 heteroatoms. The first-order valence-corrected chi connectivity index (χ1v) is 7.91. The van der Waals surface area contributed by atoms with Crippen LogP contribution in [0.25, 0.3) is 0 Å². The molecule has 1 fully saturated rings. The molecule has 0 aliphatic carbocycles. The molecule has 0 spiro atoms. The Bertz CT molecular complexity index is 716. The molecule has 0 unspecified atom stereocenters. The Kier molecular flexibility index (Phi) is 4.74. The maximum Gasteiger partial charge on any atom is 0.229 e. The van der Waals surface area contributed by atoms with Crippen molar-refractivity contribution in [2.45, 2.75) is 13.3 Å². The van der Waals surface area contributed by atoms with Crippen molar-refractivity contribution in [1.29, 1.82) is 0 Å². The van der Waals surface area contributed by atoms with Gasteiger partial charge in [-0.3, -0.25) is 14.6 Å². The van der Waals surface area contributed by atoms with Gasteiger partial charge in [-0.25, -0.2) is 0 Å². The topological polar surface area (TPSA) is 71.5 Å². The lowest BCUT2D eigenvalue weighted by Gasteiger charge is -2.17. The van der Waals surface area contributed by atoms with Gasteiger partial charge in [0.1, 0.15) is 5.75 Å². The lowest BCUT2D eigenvalue weighted by molar-refractivity contribution is -0.122. The predicted molar refractivity (Wildman–Crippen MR) is 90.9 cm³/mol. The quantitative estimate of drug-likeness (QED) is 0.917. The van der Waals surface area contributed by atoms with E-state index in [1.54, 1.807) is 29.4 Å². The Morgan fingerprint density at radius 2 is 1.96 bits per heavy atom. The second-order valence-corrected chi connectivity index (χ2v) is 5.56. The summed E-state index contributed by atoms with van der Waals surface area (Å²) in [5.41, 5.74) is 1.46. The van der Waals surface area contributed by atoms with Gasteiger partial charge in [0.15, 0.2) is 0 Å². The van der Waals surface area contributed by atoms with Crippen LogP contribution in [-0.4, -0.2) is 29.9 Å². The van der Waals surface area contributed by atoms with Crippen molar-refractivity contribution < 1.29 is 14.3 Å². The maximum absolute atomic E-state index is 12.3. The van der Waals surface area contributed by atoms with Gasteiger partial charge in [0.05, 0.1) is 12.5 Å². The molecule has 1 saturated heterocycles. The molecule has 124 valence electrons. The summed E-state index contributed by atoms with van der Waals surface area (Å²) in [5.74, 6) is 0.203. The summed E-state index contributed by atoms with van der Waals surface area (Å²) < 4.78 is 5.40. The minimum Gasteiger partial charge on any atom is -0.494 e. The largest absolute Gasteiger partial charge is 0.494 e. The number of ether oxygens (including phenoxy) is 1. The van der Waals surface area contributed by atoms with E-state index < -0.39 is 0 Å². The Morgan fingerprint density at radius 3 is 2.62 bits per heavy atom. The number of amides is 2. The molecule has 2 amide bonds. The van der Waals surface area contributed by atoms with Crippen molar-refractivity contribution in [1.82, 2.24) is 4.98 Å². The minimum absolute atomic E-state index is 0.0472. The Hall–Kier alpha value is -2.89. The molecule has 6 nitrogen and oxygen atoms in total. The van der Waals surface area contributed by atoms with Crippen molar-refractivity contribution >= 4 is 23.2 Å². The van der Waals surface area contributed by atoms with Crippen LogP contribution in [0.2, 0.25) is 0 Å². The number of aromatic nitrogens is 1. The van der Waals surface area contributed by atoms with E-state index in [-0.39, 0.29) is 24.2 Å². The molecule has 1 aliphatic heterocycles. The molecule has 3 rings (SSSR count). The van der Waals surface area contributed by atoms with Crippen LogP contribution in [0.1, 0.15) is 13.3 Å². The second kappa shape index (κ2) is 7.12. The number of carbonyl (C=O) groups is 2. The van der Waals surface area contributed by atoms with Gasteiger partial charge in [-0.15, -0.1) is 0 Å². The summed E-state index contributed by atoms with van der Waals surface area (Å²) in [6.45, 7) is 2.90. The van der Waals surface area contributed by atoms with E-state index in [0.717, 1.165) is 11.4 Å². The molecule has 24 heavy (non-hydrogen) atoms. The third-order valence-corrected chi connectivity index (χ3v) is 3.90. The van der Waals surface area contributed by atoms with Crippen LogP contribution in [0.5, 0.6) is 5.75 Å². The molecular formula is C18H19N3O3. The highest BCUT2D eigenvalue weighted by Crippen LogP contribution is 2.27. The highest BCUT2D eigenvalue weighted by atomic mass is 16.5. The molecule has 1 aromatic carbocycles. The van der Waals surface area contributed by atoms with Gasteiger partial charge in [-0.05, 0) is 43.3 Å². The van der Waals surface area contributed by atoms with E-state index in [9.17, 15) is 9.59 Å². The lowest BCUT2D eigenvalue weighted by Crippen LogP contribution is -2.28. The highest BCUT2D eigenvalue weighted by Gasteiger charge is 2.35. The summed E-state index contributed by atoms with van der Waals surface area (Å²) in [7, 11) is 0. The summed E-state index contributed by atoms with van der Waals surface area (Å²) in [6, 6.07) is 10.8. The van der Waals surface area contributed by atoms with Gasteiger partial charge in [0.2, 0.25) is 11.8 Å². The van der Waals surface area contributed by atoms with Crippen molar-refractivity contribution in [3.63, 3.8) is 0 Å². The fourth-order valence-electron chi connectivity index (χ4n) is 2.70. The minimum atomic E-state index is -0.364. The standard InChI is InChI=1S/C18H19N3O3/c1-2-24-16-5-3-15(4-6-16)21-12-13(11-17(21)22)18(23)20-14-7-9-19-10-8-14/h3-10,13H,2,11-12H2,1H3,(H,19,20,23)/t13-/m1/s1. The fourth-order valence-corrected chi connectivity index (χ4v) is 2.70. The van der Waals surface area contributed by atoms with Crippen LogP contribution in [0.4, 0.5) is 11.4 Å². The van der Waals surface area contributed by atoms with E-state index in [1.165, 1.54) is 0 Å². The van der Waals surface area contributed by atoms with Gasteiger partial charge in [0, 0.05) is 36.7 Å². The number of hydrogen-bond acceptors (Lipinski definition) is 4. The van der Waals surface area contributed by atoms with Gasteiger partial charge >= 0.3 is 0 Å². The summed E-state index contributed by atoms with van der Waals surface area (Å²) in [4.78, 5) is 30.2. The third-order valence-electron chi connectivity index (χ3n) is 3.90. The number of nitrogens with one attached hydrogen (secondary N) is 1. The Labute approximate surface area is 140 Å².